The van der Waals surface area contributed by atoms with Crippen molar-refractivity contribution in [2.45, 2.75) is 39.7 Å². The van der Waals surface area contributed by atoms with Crippen LogP contribution >= 0.6 is 0 Å². The number of aromatic nitrogens is 4. The Bertz CT molecular complexity index is 794. The van der Waals surface area contributed by atoms with Crippen LogP contribution in [0.2, 0.25) is 0 Å². The van der Waals surface area contributed by atoms with Gasteiger partial charge < -0.3 is 9.64 Å². The Morgan fingerprint density at radius 2 is 1.89 bits per heavy atom. The summed E-state index contributed by atoms with van der Waals surface area (Å²) in [6.07, 6.45) is 1.24. The summed E-state index contributed by atoms with van der Waals surface area (Å²) >= 11 is 0. The second-order valence-corrected chi connectivity index (χ2v) is 6.83. The van der Waals surface area contributed by atoms with E-state index in [2.05, 4.69) is 15.4 Å². The lowest BCUT2D eigenvalue weighted by atomic mass is 9.96. The van der Waals surface area contributed by atoms with E-state index >= 15 is 0 Å². The van der Waals surface area contributed by atoms with Crippen molar-refractivity contribution >= 4 is 11.9 Å². The van der Waals surface area contributed by atoms with Crippen molar-refractivity contribution in [2.24, 2.45) is 5.92 Å². The zero-order valence-electron chi connectivity index (χ0n) is 16.0. The van der Waals surface area contributed by atoms with Gasteiger partial charge in [0.15, 0.2) is 0 Å². The Hall–Kier alpha value is -2.77. The first-order valence-electron chi connectivity index (χ1n) is 9.31. The molecule has 0 N–H and O–H groups in total. The predicted octanol–water partition coefficient (Wildman–Crippen LogP) is 2.01. The summed E-state index contributed by atoms with van der Waals surface area (Å²) in [5, 5.41) is 12.5. The largest absolute Gasteiger partial charge is 0.466 e. The number of carbonyl (C=O) groups excluding carboxylic acids is 2. The summed E-state index contributed by atoms with van der Waals surface area (Å²) in [5.41, 5.74) is 2.02. The number of rotatable bonds is 5. The maximum Gasteiger partial charge on any atom is 0.309 e. The van der Waals surface area contributed by atoms with Crippen LogP contribution in [0.3, 0.4) is 0 Å². The minimum absolute atomic E-state index is 0.0647. The fourth-order valence-corrected chi connectivity index (χ4v) is 3.17. The van der Waals surface area contributed by atoms with Crippen molar-refractivity contribution < 1.29 is 14.3 Å². The third-order valence-electron chi connectivity index (χ3n) is 4.87. The molecule has 1 aromatic heterocycles. The highest BCUT2D eigenvalue weighted by molar-refractivity contribution is 5.80. The zero-order valence-corrected chi connectivity index (χ0v) is 16.0. The van der Waals surface area contributed by atoms with Crippen LogP contribution in [0.4, 0.5) is 0 Å². The van der Waals surface area contributed by atoms with E-state index < -0.39 is 6.04 Å². The second kappa shape index (κ2) is 8.28. The van der Waals surface area contributed by atoms with E-state index in [4.69, 9.17) is 4.74 Å². The minimum Gasteiger partial charge on any atom is -0.466 e. The second-order valence-electron chi connectivity index (χ2n) is 6.83. The smallest absolute Gasteiger partial charge is 0.309 e. The van der Waals surface area contributed by atoms with Crippen LogP contribution in [0.5, 0.6) is 0 Å². The molecule has 0 spiro atoms. The summed E-state index contributed by atoms with van der Waals surface area (Å²) in [5.74, 6) is 0.140. The first-order chi connectivity index (χ1) is 13.0. The van der Waals surface area contributed by atoms with Crippen molar-refractivity contribution in [1.29, 1.82) is 0 Å². The molecule has 1 aliphatic rings. The van der Waals surface area contributed by atoms with Crippen LogP contribution in [-0.2, 0) is 14.3 Å². The Kier molecular flexibility index (Phi) is 5.83. The van der Waals surface area contributed by atoms with Crippen molar-refractivity contribution in [3.63, 3.8) is 0 Å². The Balaban J connectivity index is 1.61. The van der Waals surface area contributed by atoms with Gasteiger partial charge in [-0.05, 0) is 38.8 Å². The van der Waals surface area contributed by atoms with Crippen molar-refractivity contribution in [3.05, 3.63) is 29.8 Å². The summed E-state index contributed by atoms with van der Waals surface area (Å²) in [7, 11) is 0. The number of likely N-dealkylation sites (tertiary alicyclic amines) is 1. The van der Waals surface area contributed by atoms with Gasteiger partial charge in [0.05, 0.1) is 12.5 Å². The van der Waals surface area contributed by atoms with Gasteiger partial charge in [-0.25, -0.2) is 0 Å². The number of amides is 1. The predicted molar refractivity (Wildman–Crippen MR) is 98.6 cm³/mol. The van der Waals surface area contributed by atoms with E-state index in [1.165, 1.54) is 4.80 Å². The Morgan fingerprint density at radius 3 is 2.52 bits per heavy atom. The van der Waals surface area contributed by atoms with Gasteiger partial charge >= 0.3 is 5.97 Å². The topological polar surface area (TPSA) is 90.2 Å². The normalized spacial score (nSPS) is 16.2. The summed E-state index contributed by atoms with van der Waals surface area (Å²) in [4.78, 5) is 27.7. The first kappa shape index (κ1) is 19.0. The van der Waals surface area contributed by atoms with Gasteiger partial charge in [-0.2, -0.15) is 4.80 Å². The molecule has 1 amide bonds. The standard InChI is InChI=1S/C19H25N5O3/c1-4-27-19(26)16-9-11-23(12-10-16)18(25)14(3)24-21-17(20-22-24)15-7-5-13(2)6-8-15/h5-8,14,16H,4,9-12H2,1-3H3/t14-/m0/s1. The van der Waals surface area contributed by atoms with E-state index in [9.17, 15) is 9.59 Å². The van der Waals surface area contributed by atoms with Crippen molar-refractivity contribution in [2.75, 3.05) is 19.7 Å². The number of tetrazole rings is 1. The highest BCUT2D eigenvalue weighted by Crippen LogP contribution is 2.21. The monoisotopic (exact) mass is 371 g/mol. The van der Waals surface area contributed by atoms with Crippen LogP contribution < -0.4 is 0 Å². The molecule has 1 aromatic carbocycles. The average molecular weight is 371 g/mol. The number of hydrogen-bond acceptors (Lipinski definition) is 6. The molecule has 8 nitrogen and oxygen atoms in total. The van der Waals surface area contributed by atoms with Gasteiger partial charge in [0.25, 0.3) is 0 Å². The molecule has 0 unspecified atom stereocenters. The third-order valence-corrected chi connectivity index (χ3v) is 4.87. The number of aryl methyl sites for hydroxylation is 1. The number of ether oxygens (including phenoxy) is 1. The number of hydrogen-bond donors (Lipinski definition) is 0. The number of esters is 1. The molecular weight excluding hydrogens is 346 g/mol. The Morgan fingerprint density at radius 1 is 1.22 bits per heavy atom. The van der Waals surface area contributed by atoms with E-state index in [1.807, 2.05) is 31.2 Å². The molecule has 0 aliphatic carbocycles. The van der Waals surface area contributed by atoms with Gasteiger partial charge in [-0.1, -0.05) is 29.8 Å². The molecular formula is C19H25N5O3. The van der Waals surface area contributed by atoms with Crippen LogP contribution in [0.15, 0.2) is 24.3 Å². The highest BCUT2D eigenvalue weighted by Gasteiger charge is 2.31. The Labute approximate surface area is 158 Å². The maximum absolute atomic E-state index is 12.8. The highest BCUT2D eigenvalue weighted by atomic mass is 16.5. The lowest BCUT2D eigenvalue weighted by molar-refractivity contribution is -0.151. The van der Waals surface area contributed by atoms with Gasteiger partial charge in [0.1, 0.15) is 6.04 Å². The molecule has 1 fully saturated rings. The number of nitrogens with zero attached hydrogens (tertiary/aromatic N) is 5. The molecule has 2 aromatic rings. The molecule has 0 radical (unpaired) electrons. The lowest BCUT2D eigenvalue weighted by Crippen LogP contribution is -2.43. The molecule has 0 saturated carbocycles. The maximum atomic E-state index is 12.8. The SMILES string of the molecule is CCOC(=O)C1CCN(C(=O)[C@H](C)n2nnc(-c3ccc(C)cc3)n2)CC1. The summed E-state index contributed by atoms with van der Waals surface area (Å²) in [6.45, 7) is 7.03. The average Bonchev–Trinajstić information content (AvgIpc) is 3.18. The van der Waals surface area contributed by atoms with Gasteiger partial charge in [-0.3, -0.25) is 9.59 Å². The van der Waals surface area contributed by atoms with Gasteiger partial charge in [0, 0.05) is 18.7 Å². The van der Waals surface area contributed by atoms with Crippen molar-refractivity contribution in [1.82, 2.24) is 25.1 Å². The van der Waals surface area contributed by atoms with Crippen LogP contribution in [0.25, 0.3) is 11.4 Å². The minimum atomic E-state index is -0.546. The van der Waals surface area contributed by atoms with E-state index in [0.717, 1.165) is 11.1 Å². The number of benzene rings is 1. The molecule has 1 aliphatic heterocycles. The molecule has 27 heavy (non-hydrogen) atoms. The molecule has 3 rings (SSSR count). The molecule has 1 atom stereocenters. The third kappa shape index (κ3) is 4.32. The molecule has 0 bridgehead atoms. The first-order valence-corrected chi connectivity index (χ1v) is 9.31. The summed E-state index contributed by atoms with van der Waals surface area (Å²) in [6, 6.07) is 7.29. The number of piperidine rings is 1. The zero-order chi connectivity index (χ0) is 19.4. The van der Waals surface area contributed by atoms with Crippen LogP contribution in [-0.4, -0.2) is 56.7 Å². The fraction of sp³-hybridized carbons (Fsp3) is 0.526. The number of carbonyl (C=O) groups is 2. The van der Waals surface area contributed by atoms with E-state index in [-0.39, 0.29) is 17.8 Å². The molecule has 8 heteroatoms. The quantitative estimate of drug-likeness (QED) is 0.747. The van der Waals surface area contributed by atoms with Gasteiger partial charge in [0.2, 0.25) is 11.7 Å². The molecule has 144 valence electrons. The van der Waals surface area contributed by atoms with Crippen LogP contribution in [0, 0.1) is 12.8 Å². The summed E-state index contributed by atoms with van der Waals surface area (Å²) < 4.78 is 5.07. The molecule has 1 saturated heterocycles. The van der Waals surface area contributed by atoms with E-state index in [1.54, 1.807) is 18.7 Å². The van der Waals surface area contributed by atoms with Gasteiger partial charge in [-0.15, -0.1) is 10.2 Å². The van der Waals surface area contributed by atoms with Crippen molar-refractivity contribution in [3.8, 4) is 11.4 Å². The van der Waals surface area contributed by atoms with E-state index in [0.29, 0.717) is 38.4 Å². The fourth-order valence-electron chi connectivity index (χ4n) is 3.17. The lowest BCUT2D eigenvalue weighted by Gasteiger charge is -2.32. The van der Waals surface area contributed by atoms with Crippen LogP contribution in [0.1, 0.15) is 38.3 Å². The molecule has 2 heterocycles.